The Kier molecular flexibility index (Phi) is 6.06. The van der Waals surface area contributed by atoms with Gasteiger partial charge in [-0.25, -0.2) is 0 Å². The van der Waals surface area contributed by atoms with Crippen LogP contribution in [0.1, 0.15) is 47.7 Å². The largest absolute Gasteiger partial charge is 0.493 e. The zero-order chi connectivity index (χ0) is 19.4. The molecule has 1 aromatic heterocycles. The fraction of sp³-hybridized carbons (Fsp3) is 0.476. The Morgan fingerprint density at radius 3 is 2.59 bits per heavy atom. The number of amides is 1. The zero-order valence-corrected chi connectivity index (χ0v) is 16.5. The minimum absolute atomic E-state index is 0.136. The molecule has 0 saturated heterocycles. The third-order valence-electron chi connectivity index (χ3n) is 5.05. The third-order valence-corrected chi connectivity index (χ3v) is 5.05. The van der Waals surface area contributed by atoms with Crippen LogP contribution in [0.4, 0.5) is 0 Å². The van der Waals surface area contributed by atoms with Crippen LogP contribution < -0.4 is 14.8 Å². The molecule has 27 heavy (non-hydrogen) atoms. The van der Waals surface area contributed by atoms with Gasteiger partial charge in [-0.2, -0.15) is 0 Å². The van der Waals surface area contributed by atoms with Gasteiger partial charge in [-0.15, -0.1) is 0 Å². The summed E-state index contributed by atoms with van der Waals surface area (Å²) in [6, 6.07) is 7.88. The Labute approximate surface area is 160 Å². The van der Waals surface area contributed by atoms with Gasteiger partial charge in [0.05, 0.1) is 20.8 Å². The Balaban J connectivity index is 1.66. The smallest absolute Gasteiger partial charge is 0.287 e. The number of carbonyl (C=O) groups excluding carboxylic acids is 1. The molecule has 2 heterocycles. The first kappa shape index (κ1) is 19.3. The quantitative estimate of drug-likeness (QED) is 0.807. The van der Waals surface area contributed by atoms with Gasteiger partial charge in [-0.05, 0) is 55.2 Å². The Hall–Kier alpha value is -2.47. The van der Waals surface area contributed by atoms with Crippen LogP contribution in [-0.4, -0.2) is 37.6 Å². The number of carbonyl (C=O) groups is 1. The molecule has 1 atom stereocenters. The fourth-order valence-corrected chi connectivity index (χ4v) is 3.28. The van der Waals surface area contributed by atoms with Crippen LogP contribution in [0.2, 0.25) is 0 Å². The zero-order valence-electron chi connectivity index (χ0n) is 16.5. The molecule has 0 radical (unpaired) electrons. The molecular weight excluding hydrogens is 344 g/mol. The van der Waals surface area contributed by atoms with Crippen LogP contribution in [-0.2, 0) is 19.5 Å². The monoisotopic (exact) mass is 372 g/mol. The molecule has 146 valence electrons. The number of nitrogens with zero attached hydrogens (tertiary/aromatic N) is 1. The molecule has 6 heteroatoms. The van der Waals surface area contributed by atoms with Crippen molar-refractivity contribution in [2.45, 2.75) is 45.8 Å². The van der Waals surface area contributed by atoms with Crippen molar-refractivity contribution in [3.05, 3.63) is 46.9 Å². The van der Waals surface area contributed by atoms with Crippen LogP contribution in [0.25, 0.3) is 0 Å². The van der Waals surface area contributed by atoms with Gasteiger partial charge in [0.1, 0.15) is 5.76 Å². The van der Waals surface area contributed by atoms with Crippen molar-refractivity contribution < 1.29 is 18.7 Å². The Bertz CT molecular complexity index is 799. The van der Waals surface area contributed by atoms with E-state index in [9.17, 15) is 4.79 Å². The molecule has 0 spiro atoms. The highest BCUT2D eigenvalue weighted by Crippen LogP contribution is 2.33. The van der Waals surface area contributed by atoms with Crippen LogP contribution >= 0.6 is 0 Å². The lowest BCUT2D eigenvalue weighted by Crippen LogP contribution is -2.31. The van der Waals surface area contributed by atoms with E-state index in [0.29, 0.717) is 12.3 Å². The number of ether oxygens (including phenoxy) is 2. The minimum atomic E-state index is -0.156. The molecule has 3 rings (SSSR count). The second-order valence-corrected chi connectivity index (χ2v) is 6.99. The van der Waals surface area contributed by atoms with Gasteiger partial charge in [-0.1, -0.05) is 6.92 Å². The maximum atomic E-state index is 12.2. The molecule has 6 nitrogen and oxygen atoms in total. The van der Waals surface area contributed by atoms with Gasteiger partial charge in [0.2, 0.25) is 0 Å². The van der Waals surface area contributed by atoms with Crippen molar-refractivity contribution in [1.82, 2.24) is 10.2 Å². The van der Waals surface area contributed by atoms with Crippen molar-refractivity contribution in [2.24, 2.45) is 0 Å². The molecule has 2 aromatic rings. The first-order valence-corrected chi connectivity index (χ1v) is 9.39. The number of nitrogens with one attached hydrogen (secondary N) is 1. The summed E-state index contributed by atoms with van der Waals surface area (Å²) in [7, 11) is 3.31. The van der Waals surface area contributed by atoms with Gasteiger partial charge < -0.3 is 19.2 Å². The molecule has 1 amide bonds. The van der Waals surface area contributed by atoms with Crippen molar-refractivity contribution in [1.29, 1.82) is 0 Å². The number of methoxy groups -OCH3 is 2. The lowest BCUT2D eigenvalue weighted by atomic mass is 9.98. The molecule has 0 aliphatic carbocycles. The van der Waals surface area contributed by atoms with E-state index in [-0.39, 0.29) is 11.9 Å². The summed E-state index contributed by atoms with van der Waals surface area (Å²) >= 11 is 0. The van der Waals surface area contributed by atoms with Gasteiger partial charge in [-0.3, -0.25) is 9.69 Å². The van der Waals surface area contributed by atoms with E-state index in [1.165, 1.54) is 11.1 Å². The van der Waals surface area contributed by atoms with E-state index >= 15 is 0 Å². The summed E-state index contributed by atoms with van der Waals surface area (Å²) in [5.74, 6) is 2.53. The van der Waals surface area contributed by atoms with Crippen molar-refractivity contribution >= 4 is 5.91 Å². The normalized spacial score (nSPS) is 15.1. The summed E-state index contributed by atoms with van der Waals surface area (Å²) in [6.45, 7) is 6.43. The highest BCUT2D eigenvalue weighted by Gasteiger charge is 2.21. The maximum Gasteiger partial charge on any atom is 0.287 e. The molecule has 0 saturated carbocycles. The summed E-state index contributed by atoms with van der Waals surface area (Å²) in [6.07, 6.45) is 1.83. The molecule has 1 unspecified atom stereocenters. The van der Waals surface area contributed by atoms with E-state index in [1.54, 1.807) is 20.3 Å². The van der Waals surface area contributed by atoms with E-state index in [0.717, 1.165) is 43.2 Å². The second-order valence-electron chi connectivity index (χ2n) is 6.99. The fourth-order valence-electron chi connectivity index (χ4n) is 3.28. The second kappa shape index (κ2) is 8.48. The SMILES string of the molecule is CCC(C)NC(=O)c1ccc(CN2CCc3cc(OC)c(OC)cc3C2)o1. The molecule has 1 N–H and O–H groups in total. The number of hydrogen-bond donors (Lipinski definition) is 1. The Morgan fingerprint density at radius 2 is 1.93 bits per heavy atom. The van der Waals surface area contributed by atoms with Gasteiger partial charge in [0.15, 0.2) is 17.3 Å². The number of furan rings is 1. The number of fused-ring (bicyclic) bond motifs is 1. The Morgan fingerprint density at radius 1 is 1.22 bits per heavy atom. The predicted octanol–water partition coefficient (Wildman–Crippen LogP) is 3.38. The summed E-state index contributed by atoms with van der Waals surface area (Å²) < 4.78 is 16.6. The van der Waals surface area contributed by atoms with Gasteiger partial charge in [0, 0.05) is 19.1 Å². The average molecular weight is 372 g/mol. The van der Waals surface area contributed by atoms with Crippen LogP contribution in [0, 0.1) is 0 Å². The number of rotatable bonds is 7. The van der Waals surface area contributed by atoms with E-state index < -0.39 is 0 Å². The molecule has 1 aliphatic rings. The molecule has 0 bridgehead atoms. The average Bonchev–Trinajstić information content (AvgIpc) is 3.15. The van der Waals surface area contributed by atoms with Crippen LogP contribution in [0.15, 0.2) is 28.7 Å². The van der Waals surface area contributed by atoms with Gasteiger partial charge in [0.25, 0.3) is 5.91 Å². The van der Waals surface area contributed by atoms with Crippen LogP contribution in [0.5, 0.6) is 11.5 Å². The standard InChI is InChI=1S/C21H28N2O4/c1-5-14(2)22-21(24)18-7-6-17(27-18)13-23-9-8-15-10-19(25-3)20(26-4)11-16(15)12-23/h6-7,10-11,14H,5,8-9,12-13H2,1-4H3,(H,22,24). The van der Waals surface area contributed by atoms with Crippen molar-refractivity contribution in [3.8, 4) is 11.5 Å². The maximum absolute atomic E-state index is 12.2. The van der Waals surface area contributed by atoms with Gasteiger partial charge >= 0.3 is 0 Å². The lowest BCUT2D eigenvalue weighted by Gasteiger charge is -2.28. The van der Waals surface area contributed by atoms with Crippen LogP contribution in [0.3, 0.4) is 0 Å². The first-order chi connectivity index (χ1) is 13.0. The summed E-state index contributed by atoms with van der Waals surface area (Å²) in [5.41, 5.74) is 2.53. The summed E-state index contributed by atoms with van der Waals surface area (Å²) in [5, 5.41) is 2.93. The molecular formula is C21H28N2O4. The van der Waals surface area contributed by atoms with E-state index in [4.69, 9.17) is 13.9 Å². The highest BCUT2D eigenvalue weighted by molar-refractivity contribution is 5.91. The van der Waals surface area contributed by atoms with E-state index in [2.05, 4.69) is 16.3 Å². The highest BCUT2D eigenvalue weighted by atomic mass is 16.5. The van der Waals surface area contributed by atoms with Crippen molar-refractivity contribution in [2.75, 3.05) is 20.8 Å². The van der Waals surface area contributed by atoms with Crippen molar-refractivity contribution in [3.63, 3.8) is 0 Å². The molecule has 1 aromatic carbocycles. The molecule has 0 fully saturated rings. The predicted molar refractivity (Wildman–Crippen MR) is 103 cm³/mol. The minimum Gasteiger partial charge on any atom is -0.493 e. The third kappa shape index (κ3) is 4.45. The topological polar surface area (TPSA) is 63.9 Å². The number of benzene rings is 1. The first-order valence-electron chi connectivity index (χ1n) is 9.39. The summed E-state index contributed by atoms with van der Waals surface area (Å²) in [4.78, 5) is 14.5. The lowest BCUT2D eigenvalue weighted by molar-refractivity contribution is 0.0907. The van der Waals surface area contributed by atoms with E-state index in [1.807, 2.05) is 26.0 Å². The molecule has 1 aliphatic heterocycles. The number of hydrogen-bond acceptors (Lipinski definition) is 5.